The summed E-state index contributed by atoms with van der Waals surface area (Å²) in [7, 11) is 0. The summed E-state index contributed by atoms with van der Waals surface area (Å²) in [4.78, 5) is 52.2. The molecule has 3 aromatic rings. The number of aromatic nitrogens is 2. The van der Waals surface area contributed by atoms with Crippen molar-refractivity contribution in [2.75, 3.05) is 10.7 Å². The van der Waals surface area contributed by atoms with Crippen LogP contribution in [0.15, 0.2) is 52.9 Å². The number of anilines is 2. The van der Waals surface area contributed by atoms with Gasteiger partial charge in [-0.2, -0.15) is 5.10 Å². The van der Waals surface area contributed by atoms with E-state index in [9.17, 15) is 24.3 Å². The highest BCUT2D eigenvalue weighted by Crippen LogP contribution is 2.23. The molecule has 1 aromatic heterocycles. The third kappa shape index (κ3) is 4.67. The number of carbonyl (C=O) groups excluding carboxylic acids is 2. The molecule has 0 unspecified atom stereocenters. The van der Waals surface area contributed by atoms with E-state index in [4.69, 9.17) is 5.11 Å². The van der Waals surface area contributed by atoms with Gasteiger partial charge in [0.25, 0.3) is 5.91 Å². The molecule has 0 fully saturated rings. The molecule has 11 nitrogen and oxygen atoms in total. The van der Waals surface area contributed by atoms with Crippen molar-refractivity contribution in [2.24, 2.45) is 5.10 Å². The highest BCUT2D eigenvalue weighted by molar-refractivity contribution is 6.67. The first-order valence-electron chi connectivity index (χ1n) is 8.79. The lowest BCUT2D eigenvalue weighted by Crippen LogP contribution is -2.29. The fraction of sp³-hybridized carbons (Fsp3) is 0.0500. The molecular formula is C20H17N5O6. The van der Waals surface area contributed by atoms with E-state index in [1.807, 2.05) is 0 Å². The number of imidazole rings is 1. The number of H-pyrrole nitrogens is 2. The molecule has 0 aliphatic rings. The van der Waals surface area contributed by atoms with Crippen LogP contribution in [0.2, 0.25) is 0 Å². The predicted molar refractivity (Wildman–Crippen MR) is 114 cm³/mol. The number of aliphatic hydroxyl groups excluding tert-OH is 1. The Kier molecular flexibility index (Phi) is 5.68. The largest absolute Gasteiger partial charge is 0.508 e. The van der Waals surface area contributed by atoms with E-state index in [0.29, 0.717) is 16.7 Å². The van der Waals surface area contributed by atoms with Gasteiger partial charge in [0.2, 0.25) is 0 Å². The maximum Gasteiger partial charge on any atom is 0.335 e. The lowest BCUT2D eigenvalue weighted by atomic mass is 10.1. The number of carbonyl (C=O) groups is 3. The Hall–Kier alpha value is -4.67. The van der Waals surface area contributed by atoms with Gasteiger partial charge in [0.1, 0.15) is 5.76 Å². The van der Waals surface area contributed by atoms with Crippen LogP contribution in [0.25, 0.3) is 16.8 Å². The first-order valence-corrected chi connectivity index (χ1v) is 8.79. The molecule has 158 valence electrons. The normalized spacial score (nSPS) is 11.2. The van der Waals surface area contributed by atoms with Gasteiger partial charge in [-0.25, -0.2) is 9.59 Å². The molecule has 3 rings (SSSR count). The number of carboxylic acid groups (broad SMARTS) is 1. The summed E-state index contributed by atoms with van der Waals surface area (Å²) in [5.41, 5.74) is 2.90. The lowest BCUT2D eigenvalue weighted by Gasteiger charge is -2.10. The van der Waals surface area contributed by atoms with Crippen molar-refractivity contribution in [3.05, 3.63) is 64.6 Å². The number of Topliss-reactive ketones (excluding diaryl/α,β-unsaturated/α-hetero) is 1. The van der Waals surface area contributed by atoms with Gasteiger partial charge < -0.3 is 25.5 Å². The molecule has 31 heavy (non-hydrogen) atoms. The number of rotatable bonds is 7. The Morgan fingerprint density at radius 3 is 2.39 bits per heavy atom. The molecule has 0 aliphatic carbocycles. The molecule has 0 atom stereocenters. The van der Waals surface area contributed by atoms with Gasteiger partial charge in [-0.15, -0.1) is 0 Å². The maximum atomic E-state index is 12.6. The highest BCUT2D eigenvalue weighted by Gasteiger charge is 2.18. The molecule has 1 heterocycles. The minimum absolute atomic E-state index is 0.0327. The number of aromatic amines is 2. The van der Waals surface area contributed by atoms with Gasteiger partial charge in [-0.3, -0.25) is 15.0 Å². The SMILES string of the molecule is C=C(O)c1ccc(C(=O)O)cc1N/N=C(/C(C)=O)C(=O)Nc1ccc2[nH]c(=O)[nH]c2c1. The molecule has 11 heteroatoms. The number of nitrogens with one attached hydrogen (secondary N) is 4. The van der Waals surface area contributed by atoms with Crippen LogP contribution in [0.4, 0.5) is 11.4 Å². The van der Waals surface area contributed by atoms with Gasteiger partial charge in [0.15, 0.2) is 11.5 Å². The smallest absolute Gasteiger partial charge is 0.335 e. The topological polar surface area (TPSA) is 177 Å². The average Bonchev–Trinajstić information content (AvgIpc) is 3.06. The van der Waals surface area contributed by atoms with Gasteiger partial charge in [0, 0.05) is 18.2 Å². The first kappa shape index (κ1) is 21.0. The number of benzene rings is 2. The van der Waals surface area contributed by atoms with E-state index in [0.717, 1.165) is 6.92 Å². The number of amides is 1. The molecule has 0 radical (unpaired) electrons. The Morgan fingerprint density at radius 1 is 1.03 bits per heavy atom. The summed E-state index contributed by atoms with van der Waals surface area (Å²) in [5.74, 6) is -3.09. The highest BCUT2D eigenvalue weighted by atomic mass is 16.4. The minimum atomic E-state index is -1.22. The molecule has 0 saturated carbocycles. The zero-order valence-electron chi connectivity index (χ0n) is 16.1. The number of nitrogens with zero attached hydrogens (tertiary/aromatic N) is 1. The number of carboxylic acids is 1. The van der Waals surface area contributed by atoms with Crippen molar-refractivity contribution in [2.45, 2.75) is 6.92 Å². The van der Waals surface area contributed by atoms with Crippen LogP contribution in [0.1, 0.15) is 22.8 Å². The maximum absolute atomic E-state index is 12.6. The second-order valence-corrected chi connectivity index (χ2v) is 6.43. The average molecular weight is 423 g/mol. The monoisotopic (exact) mass is 423 g/mol. The van der Waals surface area contributed by atoms with Gasteiger partial charge >= 0.3 is 11.7 Å². The lowest BCUT2D eigenvalue weighted by molar-refractivity contribution is -0.114. The summed E-state index contributed by atoms with van der Waals surface area (Å²) < 4.78 is 0. The second-order valence-electron chi connectivity index (χ2n) is 6.43. The Balaban J connectivity index is 1.88. The number of ketones is 1. The van der Waals surface area contributed by atoms with Crippen molar-refractivity contribution >= 4 is 51.5 Å². The van der Waals surface area contributed by atoms with E-state index in [2.05, 4.69) is 32.4 Å². The van der Waals surface area contributed by atoms with E-state index in [-0.39, 0.29) is 22.6 Å². The van der Waals surface area contributed by atoms with Crippen LogP contribution in [0.5, 0.6) is 0 Å². The Morgan fingerprint density at radius 2 is 1.74 bits per heavy atom. The molecule has 0 aliphatic heterocycles. The molecule has 0 bridgehead atoms. The van der Waals surface area contributed by atoms with Crippen LogP contribution in [-0.4, -0.2) is 43.6 Å². The number of aliphatic hydroxyl groups is 1. The summed E-state index contributed by atoms with van der Waals surface area (Å²) in [6.07, 6.45) is 0. The van der Waals surface area contributed by atoms with Crippen molar-refractivity contribution in [3.63, 3.8) is 0 Å². The van der Waals surface area contributed by atoms with Crippen LogP contribution in [0.3, 0.4) is 0 Å². The first-order chi connectivity index (χ1) is 14.7. The quantitative estimate of drug-likeness (QED) is 0.146. The summed E-state index contributed by atoms with van der Waals surface area (Å²) in [6.45, 7) is 4.52. The standard InChI is InChI=1S/C20H17N5O6/c1-9(26)13-5-3-11(19(29)30)7-15(13)24-25-17(10(2)27)18(28)21-12-4-6-14-16(8-12)23-20(31)22-14/h3-8,24,26H,1H2,2H3,(H,21,28)(H,29,30)(H2,22,23,31)/b25-17-. The Labute approximate surface area is 174 Å². The van der Waals surface area contributed by atoms with Crippen molar-refractivity contribution in [3.8, 4) is 0 Å². The fourth-order valence-corrected chi connectivity index (χ4v) is 2.73. The number of hydrogen-bond acceptors (Lipinski definition) is 7. The van der Waals surface area contributed by atoms with Crippen LogP contribution in [-0.2, 0) is 9.59 Å². The number of aromatic carboxylic acids is 1. The Bertz CT molecular complexity index is 1320. The second kappa shape index (κ2) is 8.37. The van der Waals surface area contributed by atoms with Crippen molar-refractivity contribution in [1.29, 1.82) is 0 Å². The predicted octanol–water partition coefficient (Wildman–Crippen LogP) is 2.08. The minimum Gasteiger partial charge on any atom is -0.508 e. The fourth-order valence-electron chi connectivity index (χ4n) is 2.73. The molecule has 2 aromatic carbocycles. The number of fused-ring (bicyclic) bond motifs is 1. The van der Waals surface area contributed by atoms with E-state index in [1.54, 1.807) is 6.07 Å². The summed E-state index contributed by atoms with van der Waals surface area (Å²) in [6, 6.07) is 8.34. The van der Waals surface area contributed by atoms with Crippen LogP contribution in [0, 0.1) is 0 Å². The molecular weight excluding hydrogens is 406 g/mol. The summed E-state index contributed by atoms with van der Waals surface area (Å²) in [5, 5.41) is 25.1. The van der Waals surface area contributed by atoms with E-state index in [1.165, 1.54) is 30.3 Å². The molecule has 6 N–H and O–H groups in total. The van der Waals surface area contributed by atoms with Crippen LogP contribution < -0.4 is 16.4 Å². The molecule has 1 amide bonds. The summed E-state index contributed by atoms with van der Waals surface area (Å²) >= 11 is 0. The molecule has 0 spiro atoms. The zero-order chi connectivity index (χ0) is 22.7. The third-order valence-corrected chi connectivity index (χ3v) is 4.19. The van der Waals surface area contributed by atoms with E-state index < -0.39 is 29.1 Å². The third-order valence-electron chi connectivity index (χ3n) is 4.19. The van der Waals surface area contributed by atoms with Gasteiger partial charge in [-0.1, -0.05) is 6.58 Å². The van der Waals surface area contributed by atoms with Crippen molar-refractivity contribution < 1.29 is 24.6 Å². The van der Waals surface area contributed by atoms with Crippen molar-refractivity contribution in [1.82, 2.24) is 9.97 Å². The number of hydrazone groups is 1. The zero-order valence-corrected chi connectivity index (χ0v) is 16.1. The van der Waals surface area contributed by atoms with Gasteiger partial charge in [0.05, 0.1) is 22.3 Å². The number of hydrogen-bond donors (Lipinski definition) is 6. The van der Waals surface area contributed by atoms with Crippen LogP contribution >= 0.6 is 0 Å². The van der Waals surface area contributed by atoms with E-state index >= 15 is 0 Å². The molecule has 0 saturated heterocycles. The van der Waals surface area contributed by atoms with Gasteiger partial charge in [-0.05, 0) is 36.4 Å².